The lowest BCUT2D eigenvalue weighted by Crippen LogP contribution is -2.08. The molecule has 0 bridgehead atoms. The van der Waals surface area contributed by atoms with Crippen LogP contribution in [-0.2, 0) is 14.6 Å². The minimum atomic E-state index is -2.85. The molecule has 0 N–H and O–H groups in total. The molecule has 0 radical (unpaired) electrons. The van der Waals surface area contributed by atoms with E-state index in [2.05, 4.69) is 0 Å². The third-order valence-corrected chi connectivity index (χ3v) is 2.86. The van der Waals surface area contributed by atoms with E-state index in [0.29, 0.717) is 19.3 Å². The van der Waals surface area contributed by atoms with Crippen LogP contribution in [0.2, 0.25) is 0 Å². The van der Waals surface area contributed by atoms with Crippen molar-refractivity contribution in [2.75, 3.05) is 12.0 Å². The smallest absolute Gasteiger partial charge is 0.147 e. The molecule has 0 heterocycles. The van der Waals surface area contributed by atoms with Gasteiger partial charge in [0.15, 0.2) is 0 Å². The largest absolute Gasteiger partial charge is 0.299 e. The highest BCUT2D eigenvalue weighted by atomic mass is 32.2. The number of rotatable bonds is 6. The fourth-order valence-corrected chi connectivity index (χ4v) is 1.68. The summed E-state index contributed by atoms with van der Waals surface area (Å²) in [6, 6.07) is 0. The van der Waals surface area contributed by atoms with Crippen LogP contribution in [0.25, 0.3) is 0 Å². The van der Waals surface area contributed by atoms with Crippen molar-refractivity contribution in [1.82, 2.24) is 0 Å². The maximum Gasteiger partial charge on any atom is 0.147 e. The van der Waals surface area contributed by atoms with Crippen molar-refractivity contribution in [2.45, 2.75) is 33.1 Å². The molecule has 0 fully saturated rings. The Morgan fingerprint density at radius 2 is 1.77 bits per heavy atom. The predicted octanol–water partition coefficient (Wildman–Crippen LogP) is 1.43. The molecule has 0 aromatic rings. The van der Waals surface area contributed by atoms with E-state index in [9.17, 15) is 13.2 Å². The minimum Gasteiger partial charge on any atom is -0.299 e. The summed E-state index contributed by atoms with van der Waals surface area (Å²) in [6.45, 7) is 3.72. The fourth-order valence-electron chi connectivity index (χ4n) is 0.952. The van der Waals surface area contributed by atoms with E-state index < -0.39 is 9.84 Å². The van der Waals surface area contributed by atoms with Gasteiger partial charge in [-0.2, -0.15) is 0 Å². The maximum absolute atomic E-state index is 11.1. The van der Waals surface area contributed by atoms with E-state index >= 15 is 0 Å². The average Bonchev–Trinajstić information content (AvgIpc) is 1.95. The van der Waals surface area contributed by atoms with Gasteiger partial charge in [0.25, 0.3) is 0 Å². The number of sulfone groups is 1. The van der Waals surface area contributed by atoms with Crippen LogP contribution in [0.4, 0.5) is 0 Å². The van der Waals surface area contributed by atoms with Crippen LogP contribution < -0.4 is 0 Å². The first-order valence-electron chi connectivity index (χ1n) is 4.53. The highest BCUT2D eigenvalue weighted by Gasteiger charge is 2.07. The lowest BCUT2D eigenvalue weighted by Gasteiger charge is -2.02. The molecule has 0 saturated heterocycles. The van der Waals surface area contributed by atoms with Crippen LogP contribution in [0.3, 0.4) is 0 Å². The summed E-state index contributed by atoms with van der Waals surface area (Å²) < 4.78 is 21.4. The van der Waals surface area contributed by atoms with E-state index in [1.165, 1.54) is 6.26 Å². The van der Waals surface area contributed by atoms with E-state index in [-0.39, 0.29) is 17.5 Å². The summed E-state index contributed by atoms with van der Waals surface area (Å²) in [4.78, 5) is 11.1. The fraction of sp³-hybridized carbons (Fsp3) is 0.889. The van der Waals surface area contributed by atoms with Crippen LogP contribution >= 0.6 is 0 Å². The molecular formula is C9H18O3S. The molecule has 0 atom stereocenters. The molecular weight excluding hydrogens is 188 g/mol. The molecule has 0 aromatic carbocycles. The highest BCUT2D eigenvalue weighted by Crippen LogP contribution is 2.05. The van der Waals surface area contributed by atoms with Crippen molar-refractivity contribution in [3.8, 4) is 0 Å². The first-order valence-corrected chi connectivity index (χ1v) is 6.59. The third-order valence-electron chi connectivity index (χ3n) is 1.83. The Hall–Kier alpha value is -0.380. The zero-order chi connectivity index (χ0) is 10.5. The zero-order valence-corrected chi connectivity index (χ0v) is 9.36. The van der Waals surface area contributed by atoms with E-state index in [1.54, 1.807) is 0 Å². The second kappa shape index (κ2) is 5.37. The number of ketones is 1. The summed E-state index contributed by atoms with van der Waals surface area (Å²) in [5.41, 5.74) is 0. The summed E-state index contributed by atoms with van der Waals surface area (Å²) >= 11 is 0. The van der Waals surface area contributed by atoms with E-state index in [4.69, 9.17) is 0 Å². The van der Waals surface area contributed by atoms with Crippen molar-refractivity contribution < 1.29 is 13.2 Å². The number of hydrogen-bond acceptors (Lipinski definition) is 3. The Balaban J connectivity index is 3.53. The van der Waals surface area contributed by atoms with Gasteiger partial charge >= 0.3 is 0 Å². The van der Waals surface area contributed by atoms with Crippen LogP contribution in [0.1, 0.15) is 33.1 Å². The van der Waals surface area contributed by atoms with Gasteiger partial charge in [-0.1, -0.05) is 13.8 Å². The Kier molecular flexibility index (Phi) is 5.21. The standard InChI is InChI=1S/C9H18O3S/c1-8(2)9(10)6-4-5-7-13(3,11)12/h8H,4-7H2,1-3H3. The normalized spacial score (nSPS) is 12.0. The van der Waals surface area contributed by atoms with E-state index in [0.717, 1.165) is 0 Å². The Morgan fingerprint density at radius 1 is 1.23 bits per heavy atom. The zero-order valence-electron chi connectivity index (χ0n) is 8.54. The first kappa shape index (κ1) is 12.6. The van der Waals surface area contributed by atoms with Gasteiger partial charge in [0, 0.05) is 24.3 Å². The quantitative estimate of drug-likeness (QED) is 0.618. The van der Waals surface area contributed by atoms with Crippen LogP contribution in [0.5, 0.6) is 0 Å². The molecule has 4 heteroatoms. The number of Topliss-reactive ketones (excluding diaryl/α,β-unsaturated/α-hetero) is 1. The number of unbranched alkanes of at least 4 members (excludes halogenated alkanes) is 1. The summed E-state index contributed by atoms with van der Waals surface area (Å²) in [5.74, 6) is 0.477. The summed E-state index contributed by atoms with van der Waals surface area (Å²) in [7, 11) is -2.85. The van der Waals surface area contributed by atoms with Crippen LogP contribution in [0, 0.1) is 5.92 Å². The van der Waals surface area contributed by atoms with Gasteiger partial charge in [0.1, 0.15) is 15.6 Å². The second-order valence-electron chi connectivity index (χ2n) is 3.71. The molecule has 3 nitrogen and oxygen atoms in total. The van der Waals surface area contributed by atoms with Gasteiger partial charge in [0.2, 0.25) is 0 Å². The van der Waals surface area contributed by atoms with Gasteiger partial charge < -0.3 is 0 Å². The molecule has 78 valence electrons. The molecule has 0 aliphatic heterocycles. The Labute approximate surface area is 80.4 Å². The lowest BCUT2D eigenvalue weighted by molar-refractivity contribution is -0.121. The highest BCUT2D eigenvalue weighted by molar-refractivity contribution is 7.90. The molecule has 13 heavy (non-hydrogen) atoms. The molecule has 0 aliphatic carbocycles. The molecule has 0 saturated carbocycles. The summed E-state index contributed by atoms with van der Waals surface area (Å²) in [6.07, 6.45) is 3.01. The minimum absolute atomic E-state index is 0.0678. The van der Waals surface area contributed by atoms with Gasteiger partial charge in [-0.3, -0.25) is 4.79 Å². The second-order valence-corrected chi connectivity index (χ2v) is 5.97. The van der Waals surface area contributed by atoms with Gasteiger partial charge in [-0.15, -0.1) is 0 Å². The lowest BCUT2D eigenvalue weighted by atomic mass is 10.0. The Bertz CT molecular complexity index is 252. The monoisotopic (exact) mass is 206 g/mol. The predicted molar refractivity (Wildman–Crippen MR) is 53.4 cm³/mol. The van der Waals surface area contributed by atoms with Crippen LogP contribution in [0.15, 0.2) is 0 Å². The van der Waals surface area contributed by atoms with Crippen LogP contribution in [-0.4, -0.2) is 26.2 Å². The molecule has 0 aromatic heterocycles. The average molecular weight is 206 g/mol. The SMILES string of the molecule is CC(C)C(=O)CCCCS(C)(=O)=O. The van der Waals surface area contributed by atoms with Crippen molar-refractivity contribution in [3.63, 3.8) is 0 Å². The van der Waals surface area contributed by atoms with Gasteiger partial charge in [-0.05, 0) is 12.8 Å². The maximum atomic E-state index is 11.1. The Morgan fingerprint density at radius 3 is 2.15 bits per heavy atom. The number of carbonyl (C=O) groups excluding carboxylic acids is 1. The van der Waals surface area contributed by atoms with Gasteiger partial charge in [-0.25, -0.2) is 8.42 Å². The molecule has 0 amide bonds. The number of hydrogen-bond donors (Lipinski definition) is 0. The van der Waals surface area contributed by atoms with Crippen molar-refractivity contribution >= 4 is 15.6 Å². The first-order chi connectivity index (χ1) is 5.83. The number of carbonyl (C=O) groups is 1. The van der Waals surface area contributed by atoms with Crippen molar-refractivity contribution in [3.05, 3.63) is 0 Å². The molecule has 0 unspecified atom stereocenters. The van der Waals surface area contributed by atoms with Crippen molar-refractivity contribution in [2.24, 2.45) is 5.92 Å². The molecule has 0 rings (SSSR count). The summed E-state index contributed by atoms with van der Waals surface area (Å²) in [5, 5.41) is 0. The topological polar surface area (TPSA) is 51.2 Å². The van der Waals surface area contributed by atoms with Crippen molar-refractivity contribution in [1.29, 1.82) is 0 Å². The molecule has 0 aliphatic rings. The molecule has 0 spiro atoms. The van der Waals surface area contributed by atoms with Gasteiger partial charge in [0.05, 0.1) is 0 Å². The van der Waals surface area contributed by atoms with E-state index in [1.807, 2.05) is 13.8 Å². The third kappa shape index (κ3) is 7.96.